The lowest BCUT2D eigenvalue weighted by molar-refractivity contribution is 1.19. The fourth-order valence-corrected chi connectivity index (χ4v) is 2.46. The molecule has 0 bridgehead atoms. The van der Waals surface area contributed by atoms with Gasteiger partial charge in [0.05, 0.1) is 0 Å². The molecule has 3 aromatic rings. The van der Waals surface area contributed by atoms with Crippen LogP contribution in [0.15, 0.2) is 91.5 Å². The molecule has 0 fully saturated rings. The van der Waals surface area contributed by atoms with E-state index in [0.717, 1.165) is 12.0 Å². The number of hydrogen-bond acceptors (Lipinski definition) is 0. The van der Waals surface area contributed by atoms with Gasteiger partial charge in [0.25, 0.3) is 0 Å². The second-order valence-electron chi connectivity index (χ2n) is 5.20. The topological polar surface area (TPSA) is 0 Å². The summed E-state index contributed by atoms with van der Waals surface area (Å²) in [7, 11) is 0. The van der Waals surface area contributed by atoms with Gasteiger partial charge >= 0.3 is 0 Å². The summed E-state index contributed by atoms with van der Waals surface area (Å²) in [6.45, 7) is 4.21. The molecular weight excluding hydrogens is 252 g/mol. The fraction of sp³-hybridized carbons (Fsp3) is 0.0476. The Morgan fingerprint density at radius 2 is 1.05 bits per heavy atom. The minimum absolute atomic E-state index is 0.971. The molecule has 0 nitrogen and oxygen atoms in total. The van der Waals surface area contributed by atoms with Crippen LogP contribution in [0.3, 0.4) is 0 Å². The van der Waals surface area contributed by atoms with Gasteiger partial charge in [0.2, 0.25) is 0 Å². The zero-order valence-electron chi connectivity index (χ0n) is 12.0. The maximum absolute atomic E-state index is 4.21. The van der Waals surface area contributed by atoms with Crippen molar-refractivity contribution in [1.82, 2.24) is 0 Å². The zero-order chi connectivity index (χ0) is 14.5. The summed E-state index contributed by atoms with van der Waals surface area (Å²) in [6.07, 6.45) is 0.971. The van der Waals surface area contributed by atoms with E-state index in [2.05, 4.69) is 73.3 Å². The summed E-state index contributed by atoms with van der Waals surface area (Å²) >= 11 is 0. The Kier molecular flexibility index (Phi) is 3.97. The van der Waals surface area contributed by atoms with Crippen LogP contribution in [-0.4, -0.2) is 0 Å². The second kappa shape index (κ2) is 6.23. The Morgan fingerprint density at radius 1 is 0.571 bits per heavy atom. The third-order valence-corrected chi connectivity index (χ3v) is 3.68. The van der Waals surface area contributed by atoms with Crippen LogP contribution in [0.4, 0.5) is 0 Å². The van der Waals surface area contributed by atoms with Crippen LogP contribution in [0.1, 0.15) is 22.3 Å². The van der Waals surface area contributed by atoms with Crippen molar-refractivity contribution in [2.45, 2.75) is 6.42 Å². The molecule has 0 heterocycles. The quantitative estimate of drug-likeness (QED) is 0.600. The van der Waals surface area contributed by atoms with E-state index < -0.39 is 0 Å². The Bertz CT molecular complexity index is 707. The van der Waals surface area contributed by atoms with Crippen molar-refractivity contribution in [1.29, 1.82) is 0 Å². The van der Waals surface area contributed by atoms with Gasteiger partial charge in [-0.1, -0.05) is 91.5 Å². The highest BCUT2D eigenvalue weighted by molar-refractivity contribution is 5.77. The maximum Gasteiger partial charge on any atom is -0.00258 e. The highest BCUT2D eigenvalue weighted by Gasteiger charge is 2.02. The van der Waals surface area contributed by atoms with E-state index in [1.165, 1.54) is 22.3 Å². The Balaban J connectivity index is 1.77. The van der Waals surface area contributed by atoms with Gasteiger partial charge in [-0.25, -0.2) is 0 Å². The number of rotatable bonds is 4. The first-order valence-corrected chi connectivity index (χ1v) is 7.20. The summed E-state index contributed by atoms with van der Waals surface area (Å²) in [5.74, 6) is 0. The minimum Gasteiger partial charge on any atom is -0.0906 e. The van der Waals surface area contributed by atoms with Crippen molar-refractivity contribution in [3.05, 3.63) is 114 Å². The van der Waals surface area contributed by atoms with E-state index in [1.807, 2.05) is 18.2 Å². The highest BCUT2D eigenvalue weighted by atomic mass is 14.1. The van der Waals surface area contributed by atoms with Crippen molar-refractivity contribution in [2.75, 3.05) is 0 Å². The van der Waals surface area contributed by atoms with E-state index in [9.17, 15) is 0 Å². The average molecular weight is 270 g/mol. The van der Waals surface area contributed by atoms with Crippen LogP contribution in [0.5, 0.6) is 0 Å². The molecule has 21 heavy (non-hydrogen) atoms. The Morgan fingerprint density at radius 3 is 1.67 bits per heavy atom. The smallest absolute Gasteiger partial charge is 0.00258 e. The zero-order valence-corrected chi connectivity index (χ0v) is 12.0. The molecule has 3 rings (SSSR count). The molecule has 0 saturated heterocycles. The molecular formula is C21H18. The third-order valence-electron chi connectivity index (χ3n) is 3.68. The van der Waals surface area contributed by atoms with Crippen LogP contribution >= 0.6 is 0 Å². The molecule has 0 atom stereocenters. The standard InChI is InChI=1S/C21H18/c1-17(20-10-6-3-7-11-20)21-14-12-19(13-15-21)16-18-8-4-2-5-9-18/h2-15H,1,16H2. The van der Waals surface area contributed by atoms with Crippen molar-refractivity contribution in [3.8, 4) is 0 Å². The van der Waals surface area contributed by atoms with Gasteiger partial charge in [0.1, 0.15) is 0 Å². The summed E-state index contributed by atoms with van der Waals surface area (Å²) in [5, 5.41) is 0. The van der Waals surface area contributed by atoms with E-state index >= 15 is 0 Å². The van der Waals surface area contributed by atoms with E-state index in [-0.39, 0.29) is 0 Å². The van der Waals surface area contributed by atoms with Crippen LogP contribution < -0.4 is 0 Å². The number of hydrogen-bond donors (Lipinski definition) is 0. The summed E-state index contributed by atoms with van der Waals surface area (Å²) in [6, 6.07) is 29.6. The molecule has 0 amide bonds. The average Bonchev–Trinajstić information content (AvgIpc) is 2.57. The summed E-state index contributed by atoms with van der Waals surface area (Å²) in [4.78, 5) is 0. The SMILES string of the molecule is C=C(c1ccccc1)c1ccc(Cc2ccccc2)cc1. The first-order valence-electron chi connectivity index (χ1n) is 7.20. The third kappa shape index (κ3) is 3.29. The predicted molar refractivity (Wildman–Crippen MR) is 90.3 cm³/mol. The molecule has 0 N–H and O–H groups in total. The molecule has 0 aliphatic carbocycles. The molecule has 0 heteroatoms. The summed E-state index contributed by atoms with van der Waals surface area (Å²) in [5.41, 5.74) is 6.09. The molecule has 0 aliphatic heterocycles. The van der Waals surface area contributed by atoms with E-state index in [1.54, 1.807) is 0 Å². The van der Waals surface area contributed by atoms with Crippen LogP contribution in [0.25, 0.3) is 5.57 Å². The molecule has 0 aliphatic rings. The molecule has 0 spiro atoms. The fourth-order valence-electron chi connectivity index (χ4n) is 2.46. The molecule has 0 aromatic heterocycles. The van der Waals surface area contributed by atoms with Gasteiger partial charge in [-0.3, -0.25) is 0 Å². The lowest BCUT2D eigenvalue weighted by Crippen LogP contribution is -1.90. The van der Waals surface area contributed by atoms with Gasteiger partial charge in [0.15, 0.2) is 0 Å². The normalized spacial score (nSPS) is 10.3. The van der Waals surface area contributed by atoms with Gasteiger partial charge in [0, 0.05) is 0 Å². The van der Waals surface area contributed by atoms with Crippen molar-refractivity contribution in [2.24, 2.45) is 0 Å². The van der Waals surface area contributed by atoms with Gasteiger partial charge in [-0.2, -0.15) is 0 Å². The van der Waals surface area contributed by atoms with Gasteiger partial charge < -0.3 is 0 Å². The lowest BCUT2D eigenvalue weighted by atomic mass is 9.97. The molecule has 0 radical (unpaired) electrons. The van der Waals surface area contributed by atoms with Crippen molar-refractivity contribution < 1.29 is 0 Å². The monoisotopic (exact) mass is 270 g/mol. The molecule has 3 aromatic carbocycles. The lowest BCUT2D eigenvalue weighted by Gasteiger charge is -2.08. The molecule has 0 unspecified atom stereocenters. The molecule has 0 saturated carbocycles. The first kappa shape index (κ1) is 13.4. The van der Waals surface area contributed by atoms with Crippen LogP contribution in [-0.2, 0) is 6.42 Å². The van der Waals surface area contributed by atoms with Crippen molar-refractivity contribution >= 4 is 5.57 Å². The van der Waals surface area contributed by atoms with Crippen LogP contribution in [0, 0.1) is 0 Å². The van der Waals surface area contributed by atoms with E-state index in [0.29, 0.717) is 0 Å². The Hall–Kier alpha value is -2.60. The second-order valence-corrected chi connectivity index (χ2v) is 5.20. The first-order chi connectivity index (χ1) is 10.3. The maximum atomic E-state index is 4.21. The van der Waals surface area contributed by atoms with Crippen LogP contribution in [0.2, 0.25) is 0 Å². The van der Waals surface area contributed by atoms with Gasteiger partial charge in [-0.05, 0) is 34.2 Å². The Labute approximate surface area is 126 Å². The van der Waals surface area contributed by atoms with Gasteiger partial charge in [-0.15, -0.1) is 0 Å². The highest BCUT2D eigenvalue weighted by Crippen LogP contribution is 2.22. The summed E-state index contributed by atoms with van der Waals surface area (Å²) < 4.78 is 0. The number of benzene rings is 3. The minimum atomic E-state index is 0.971. The predicted octanol–water partition coefficient (Wildman–Crippen LogP) is 5.34. The van der Waals surface area contributed by atoms with Crippen molar-refractivity contribution in [3.63, 3.8) is 0 Å². The molecule has 102 valence electrons. The van der Waals surface area contributed by atoms with E-state index in [4.69, 9.17) is 0 Å². The largest absolute Gasteiger partial charge is 0.0906 e.